The van der Waals surface area contributed by atoms with Crippen molar-refractivity contribution in [3.63, 3.8) is 0 Å². The van der Waals surface area contributed by atoms with Crippen LogP contribution in [0.4, 0.5) is 0 Å². The second kappa shape index (κ2) is 6.17. The predicted molar refractivity (Wildman–Crippen MR) is 75.0 cm³/mol. The number of benzene rings is 1. The third-order valence-electron chi connectivity index (χ3n) is 3.70. The fraction of sp³-hybridized carbons (Fsp3) is 0.533. The van der Waals surface area contributed by atoms with E-state index in [2.05, 4.69) is 16.7 Å². The van der Waals surface area contributed by atoms with Crippen LogP contribution in [-0.4, -0.2) is 30.2 Å². The molecule has 1 aliphatic heterocycles. The zero-order valence-corrected chi connectivity index (χ0v) is 11.6. The monoisotopic (exact) mass is 262 g/mol. The lowest BCUT2D eigenvalue weighted by atomic mass is 9.94. The van der Waals surface area contributed by atoms with E-state index in [-0.39, 0.29) is 24.5 Å². The average molecular weight is 262 g/mol. The molecule has 3 N–H and O–H groups in total. The summed E-state index contributed by atoms with van der Waals surface area (Å²) in [4.78, 5) is 12.3. The molecule has 1 heterocycles. The van der Waals surface area contributed by atoms with Crippen LogP contribution in [0.2, 0.25) is 0 Å². The van der Waals surface area contributed by atoms with E-state index in [0.29, 0.717) is 0 Å². The molecule has 0 aromatic heterocycles. The first kappa shape index (κ1) is 14.0. The first-order valence-electron chi connectivity index (χ1n) is 6.86. The number of aliphatic hydroxyl groups is 1. The lowest BCUT2D eigenvalue weighted by Gasteiger charge is -2.23. The van der Waals surface area contributed by atoms with Gasteiger partial charge in [-0.3, -0.25) is 4.79 Å². The molecule has 4 nitrogen and oxygen atoms in total. The quantitative estimate of drug-likeness (QED) is 0.761. The van der Waals surface area contributed by atoms with Crippen LogP contribution in [0.3, 0.4) is 0 Å². The standard InChI is InChI=1S/C15H22N2O2/c1-10(2)14(9-18)17-15(19)13-5-3-4-11-8-16-7-6-12(11)13/h3-5,10,14,16,18H,6-9H2,1-2H3,(H,17,19). The molecule has 0 saturated heterocycles. The fourth-order valence-electron chi connectivity index (χ4n) is 2.41. The molecule has 0 fully saturated rings. The maximum atomic E-state index is 12.3. The molecule has 104 valence electrons. The Labute approximate surface area is 114 Å². The highest BCUT2D eigenvalue weighted by Gasteiger charge is 2.20. The van der Waals surface area contributed by atoms with Crippen molar-refractivity contribution in [2.24, 2.45) is 5.92 Å². The number of carbonyl (C=O) groups is 1. The van der Waals surface area contributed by atoms with Gasteiger partial charge in [-0.2, -0.15) is 0 Å². The van der Waals surface area contributed by atoms with Gasteiger partial charge in [0.05, 0.1) is 12.6 Å². The second-order valence-corrected chi connectivity index (χ2v) is 5.38. The normalized spacial score (nSPS) is 16.0. The molecule has 1 unspecified atom stereocenters. The van der Waals surface area contributed by atoms with E-state index < -0.39 is 0 Å². The smallest absolute Gasteiger partial charge is 0.251 e. The molecule has 1 atom stereocenters. The molecule has 2 rings (SSSR count). The molecule has 1 aliphatic rings. The van der Waals surface area contributed by atoms with Gasteiger partial charge in [-0.15, -0.1) is 0 Å². The van der Waals surface area contributed by atoms with Crippen molar-refractivity contribution < 1.29 is 9.90 Å². The van der Waals surface area contributed by atoms with E-state index in [1.54, 1.807) is 0 Å². The summed E-state index contributed by atoms with van der Waals surface area (Å²) in [5.41, 5.74) is 3.08. The van der Waals surface area contributed by atoms with Crippen LogP contribution in [0, 0.1) is 5.92 Å². The molecule has 1 amide bonds. The van der Waals surface area contributed by atoms with Crippen LogP contribution in [0.25, 0.3) is 0 Å². The molecule has 19 heavy (non-hydrogen) atoms. The number of nitrogens with one attached hydrogen (secondary N) is 2. The molecule has 4 heteroatoms. The summed E-state index contributed by atoms with van der Waals surface area (Å²) >= 11 is 0. The van der Waals surface area contributed by atoms with Gasteiger partial charge in [-0.25, -0.2) is 0 Å². The van der Waals surface area contributed by atoms with Crippen LogP contribution in [0.5, 0.6) is 0 Å². The molecule has 0 aliphatic carbocycles. The molecular weight excluding hydrogens is 240 g/mol. The van der Waals surface area contributed by atoms with Crippen LogP contribution in [0.15, 0.2) is 18.2 Å². The average Bonchev–Trinajstić information content (AvgIpc) is 2.43. The summed E-state index contributed by atoms with van der Waals surface area (Å²) in [5.74, 6) is 0.140. The van der Waals surface area contributed by atoms with Gasteiger partial charge in [-0.1, -0.05) is 26.0 Å². The van der Waals surface area contributed by atoms with Crippen LogP contribution >= 0.6 is 0 Å². The summed E-state index contributed by atoms with van der Waals surface area (Å²) in [5, 5.41) is 15.5. The Morgan fingerprint density at radius 1 is 1.47 bits per heavy atom. The minimum Gasteiger partial charge on any atom is -0.394 e. The van der Waals surface area contributed by atoms with Gasteiger partial charge in [0.15, 0.2) is 0 Å². The van der Waals surface area contributed by atoms with Crippen molar-refractivity contribution in [1.29, 1.82) is 0 Å². The van der Waals surface area contributed by atoms with Gasteiger partial charge >= 0.3 is 0 Å². The number of amides is 1. The maximum Gasteiger partial charge on any atom is 0.251 e. The summed E-state index contributed by atoms with van der Waals surface area (Å²) in [6, 6.07) is 5.66. The van der Waals surface area contributed by atoms with E-state index in [0.717, 1.165) is 30.6 Å². The number of aliphatic hydroxyl groups excluding tert-OH is 1. The number of rotatable bonds is 4. The van der Waals surface area contributed by atoms with E-state index in [1.807, 2.05) is 26.0 Å². The third-order valence-corrected chi connectivity index (χ3v) is 3.70. The lowest BCUT2D eigenvalue weighted by Crippen LogP contribution is -2.41. The molecule has 0 saturated carbocycles. The minimum atomic E-state index is -0.190. The largest absolute Gasteiger partial charge is 0.394 e. The Bertz CT molecular complexity index is 457. The SMILES string of the molecule is CC(C)C(CO)NC(=O)c1cccc2c1CCNC2. The Hall–Kier alpha value is -1.39. The van der Waals surface area contributed by atoms with Gasteiger partial charge in [-0.05, 0) is 36.1 Å². The summed E-state index contributed by atoms with van der Waals surface area (Å²) in [6.07, 6.45) is 0.879. The van der Waals surface area contributed by atoms with Gasteiger partial charge in [0.2, 0.25) is 0 Å². The van der Waals surface area contributed by atoms with E-state index >= 15 is 0 Å². The van der Waals surface area contributed by atoms with Crippen molar-refractivity contribution in [2.45, 2.75) is 32.9 Å². The van der Waals surface area contributed by atoms with Crippen molar-refractivity contribution >= 4 is 5.91 Å². The minimum absolute atomic E-state index is 0.0278. The maximum absolute atomic E-state index is 12.3. The zero-order valence-electron chi connectivity index (χ0n) is 11.6. The second-order valence-electron chi connectivity index (χ2n) is 5.38. The van der Waals surface area contributed by atoms with E-state index in [1.165, 1.54) is 5.56 Å². The van der Waals surface area contributed by atoms with Crippen molar-refractivity contribution in [1.82, 2.24) is 10.6 Å². The van der Waals surface area contributed by atoms with Gasteiger partial charge in [0.25, 0.3) is 5.91 Å². The van der Waals surface area contributed by atoms with E-state index in [9.17, 15) is 9.90 Å². The number of hydrogen-bond acceptors (Lipinski definition) is 3. The number of carbonyl (C=O) groups excluding carboxylic acids is 1. The highest BCUT2D eigenvalue weighted by molar-refractivity contribution is 5.96. The Morgan fingerprint density at radius 3 is 2.95 bits per heavy atom. The van der Waals surface area contributed by atoms with Crippen LogP contribution < -0.4 is 10.6 Å². The Morgan fingerprint density at radius 2 is 2.26 bits per heavy atom. The van der Waals surface area contributed by atoms with Gasteiger partial charge < -0.3 is 15.7 Å². The highest BCUT2D eigenvalue weighted by atomic mass is 16.3. The number of hydrogen-bond donors (Lipinski definition) is 3. The molecule has 0 radical (unpaired) electrons. The summed E-state index contributed by atoms with van der Waals surface area (Å²) in [7, 11) is 0. The van der Waals surface area contributed by atoms with Crippen LogP contribution in [-0.2, 0) is 13.0 Å². The van der Waals surface area contributed by atoms with Gasteiger partial charge in [0.1, 0.15) is 0 Å². The molecule has 1 aromatic carbocycles. The van der Waals surface area contributed by atoms with Crippen molar-refractivity contribution in [3.8, 4) is 0 Å². The van der Waals surface area contributed by atoms with Gasteiger partial charge in [0, 0.05) is 12.1 Å². The zero-order chi connectivity index (χ0) is 13.8. The first-order chi connectivity index (χ1) is 9.13. The summed E-state index contributed by atoms with van der Waals surface area (Å²) < 4.78 is 0. The van der Waals surface area contributed by atoms with Crippen LogP contribution in [0.1, 0.15) is 35.3 Å². The molecule has 0 spiro atoms. The molecule has 0 bridgehead atoms. The third kappa shape index (κ3) is 3.14. The van der Waals surface area contributed by atoms with Crippen molar-refractivity contribution in [2.75, 3.05) is 13.2 Å². The van der Waals surface area contributed by atoms with E-state index in [4.69, 9.17) is 0 Å². The summed E-state index contributed by atoms with van der Waals surface area (Å²) in [6.45, 7) is 5.69. The fourth-order valence-corrected chi connectivity index (χ4v) is 2.41. The first-order valence-corrected chi connectivity index (χ1v) is 6.86. The Balaban J connectivity index is 2.19. The molecule has 1 aromatic rings. The lowest BCUT2D eigenvalue weighted by molar-refractivity contribution is 0.0895. The molecular formula is C15H22N2O2. The predicted octanol–water partition coefficient (Wildman–Crippen LogP) is 1.08. The number of fused-ring (bicyclic) bond motifs is 1. The van der Waals surface area contributed by atoms with Crippen molar-refractivity contribution in [3.05, 3.63) is 34.9 Å². The highest BCUT2D eigenvalue weighted by Crippen LogP contribution is 2.19. The topological polar surface area (TPSA) is 61.4 Å². The Kier molecular flexibility index (Phi) is 4.56.